The quantitative estimate of drug-likeness (QED) is 0.277. The largest absolute Gasteiger partial charge is 0.493 e. The average molecular weight is 536 g/mol. The summed E-state index contributed by atoms with van der Waals surface area (Å²) < 4.78 is 11.5. The molecule has 202 valence electrons. The van der Waals surface area contributed by atoms with Gasteiger partial charge >= 0.3 is 6.09 Å². The first-order chi connectivity index (χ1) is 18.1. The van der Waals surface area contributed by atoms with E-state index in [1.165, 1.54) is 0 Å². The molecule has 0 aliphatic heterocycles. The Morgan fingerprint density at radius 2 is 1.95 bits per heavy atom. The fourth-order valence-electron chi connectivity index (χ4n) is 4.28. The SMILES string of the molecule is Cc1ncsc1-c1ccc(CNC(=O)OC(C)(C)C)c(N(CC(C)COc2ccc(C=O)cc2)C2CC2)c1. The van der Waals surface area contributed by atoms with E-state index in [1.807, 2.05) is 45.3 Å². The van der Waals surface area contributed by atoms with Crippen LogP contribution in [0, 0.1) is 12.8 Å². The van der Waals surface area contributed by atoms with Gasteiger partial charge in [-0.15, -0.1) is 11.3 Å². The highest BCUT2D eigenvalue weighted by Crippen LogP contribution is 2.38. The zero-order valence-corrected chi connectivity index (χ0v) is 23.6. The molecule has 1 fully saturated rings. The second-order valence-electron chi connectivity index (χ2n) is 11.0. The molecule has 2 aromatic carbocycles. The first-order valence-electron chi connectivity index (χ1n) is 13.1. The van der Waals surface area contributed by atoms with Crippen LogP contribution >= 0.6 is 11.3 Å². The number of carbonyl (C=O) groups excluding carboxylic acids is 2. The van der Waals surface area contributed by atoms with Gasteiger partial charge in [0, 0.05) is 36.3 Å². The van der Waals surface area contributed by atoms with Crippen LogP contribution in [0.5, 0.6) is 5.75 Å². The number of thiazole rings is 1. The molecular formula is C30H37N3O4S. The van der Waals surface area contributed by atoms with Gasteiger partial charge in [0.1, 0.15) is 17.6 Å². The summed E-state index contributed by atoms with van der Waals surface area (Å²) in [4.78, 5) is 31.4. The van der Waals surface area contributed by atoms with Gasteiger partial charge in [0.05, 0.1) is 22.7 Å². The second-order valence-corrected chi connectivity index (χ2v) is 11.8. The van der Waals surface area contributed by atoms with E-state index >= 15 is 0 Å². The number of ether oxygens (including phenoxy) is 2. The Morgan fingerprint density at radius 1 is 1.21 bits per heavy atom. The monoisotopic (exact) mass is 535 g/mol. The molecule has 3 aromatic rings. The number of nitrogens with zero attached hydrogens (tertiary/aromatic N) is 2. The summed E-state index contributed by atoms with van der Waals surface area (Å²) in [5.41, 5.74) is 6.27. The molecule has 7 nitrogen and oxygen atoms in total. The summed E-state index contributed by atoms with van der Waals surface area (Å²) in [6, 6.07) is 14.1. The number of amides is 1. The maximum Gasteiger partial charge on any atom is 0.407 e. The summed E-state index contributed by atoms with van der Waals surface area (Å²) in [5.74, 6) is 1.01. The summed E-state index contributed by atoms with van der Waals surface area (Å²) in [6.07, 6.45) is 2.69. The van der Waals surface area contributed by atoms with E-state index in [9.17, 15) is 9.59 Å². The molecule has 0 bridgehead atoms. The molecule has 1 aliphatic rings. The van der Waals surface area contributed by atoms with Gasteiger partial charge in [-0.2, -0.15) is 0 Å². The zero-order chi connectivity index (χ0) is 27.3. The van der Waals surface area contributed by atoms with Crippen molar-refractivity contribution in [2.45, 2.75) is 65.6 Å². The Labute approximate surface area is 229 Å². The lowest BCUT2D eigenvalue weighted by Gasteiger charge is -2.31. The number of hydrogen-bond acceptors (Lipinski definition) is 7. The molecule has 8 heteroatoms. The highest BCUT2D eigenvalue weighted by Gasteiger charge is 2.32. The number of hydrogen-bond donors (Lipinski definition) is 1. The second kappa shape index (κ2) is 12.0. The van der Waals surface area contributed by atoms with E-state index < -0.39 is 11.7 Å². The van der Waals surface area contributed by atoms with Crippen molar-refractivity contribution < 1.29 is 19.1 Å². The molecule has 0 radical (unpaired) electrons. The Hall–Kier alpha value is -3.39. The van der Waals surface area contributed by atoms with Gasteiger partial charge in [0.15, 0.2) is 0 Å². The van der Waals surface area contributed by atoms with E-state index in [0.717, 1.165) is 58.8 Å². The third kappa shape index (κ3) is 7.57. The van der Waals surface area contributed by atoms with Crippen LogP contribution in [-0.4, -0.2) is 42.2 Å². The number of anilines is 1. The predicted octanol–water partition coefficient (Wildman–Crippen LogP) is 6.64. The van der Waals surface area contributed by atoms with Crippen LogP contribution < -0.4 is 15.0 Å². The van der Waals surface area contributed by atoms with Gasteiger partial charge in [-0.3, -0.25) is 4.79 Å². The molecule has 1 aromatic heterocycles. The standard InChI is InChI=1S/C30H37N3O4S/c1-20(18-36-26-12-6-22(17-34)7-13-26)16-33(25-10-11-25)27-14-23(28-21(2)32-19-38-28)8-9-24(27)15-31-29(35)37-30(3,4)5/h6-9,12-14,17,19-20,25H,10-11,15-16,18H2,1-5H3,(H,31,35). The van der Waals surface area contributed by atoms with E-state index in [4.69, 9.17) is 9.47 Å². The number of aromatic nitrogens is 1. The van der Waals surface area contributed by atoms with Gasteiger partial charge in [-0.05, 0) is 82.0 Å². The van der Waals surface area contributed by atoms with Crippen LogP contribution in [0.1, 0.15) is 62.2 Å². The third-order valence-electron chi connectivity index (χ3n) is 6.27. The van der Waals surface area contributed by atoms with Crippen molar-refractivity contribution in [3.05, 3.63) is 64.8 Å². The molecule has 1 heterocycles. The maximum atomic E-state index is 12.4. The minimum Gasteiger partial charge on any atom is -0.493 e. The van der Waals surface area contributed by atoms with Gasteiger partial charge in [-0.25, -0.2) is 9.78 Å². The lowest BCUT2D eigenvalue weighted by Crippen LogP contribution is -2.35. The van der Waals surface area contributed by atoms with E-state index in [2.05, 4.69) is 40.3 Å². The minimum absolute atomic E-state index is 0.252. The topological polar surface area (TPSA) is 80.8 Å². The molecule has 4 rings (SSSR count). The van der Waals surface area contributed by atoms with Crippen molar-refractivity contribution in [1.82, 2.24) is 10.3 Å². The molecule has 1 saturated carbocycles. The van der Waals surface area contributed by atoms with Crippen molar-refractivity contribution in [2.24, 2.45) is 5.92 Å². The fourth-order valence-corrected chi connectivity index (χ4v) is 5.08. The van der Waals surface area contributed by atoms with Crippen LogP contribution in [0.25, 0.3) is 10.4 Å². The molecule has 0 saturated heterocycles. The van der Waals surface area contributed by atoms with E-state index in [0.29, 0.717) is 24.8 Å². The van der Waals surface area contributed by atoms with Gasteiger partial charge in [0.25, 0.3) is 0 Å². The predicted molar refractivity (Wildman–Crippen MR) is 152 cm³/mol. The first kappa shape index (κ1) is 27.6. The minimum atomic E-state index is -0.552. The third-order valence-corrected chi connectivity index (χ3v) is 7.25. The molecular weight excluding hydrogens is 498 g/mol. The molecule has 0 spiro atoms. The van der Waals surface area contributed by atoms with Crippen LogP contribution in [0.15, 0.2) is 48.0 Å². The molecule has 1 N–H and O–H groups in total. The van der Waals surface area contributed by atoms with Crippen LogP contribution in [-0.2, 0) is 11.3 Å². The first-order valence-corrected chi connectivity index (χ1v) is 14.0. The molecule has 1 atom stereocenters. The van der Waals surface area contributed by atoms with E-state index in [-0.39, 0.29) is 5.92 Å². The Morgan fingerprint density at radius 3 is 2.55 bits per heavy atom. The van der Waals surface area contributed by atoms with Crippen molar-refractivity contribution >= 4 is 29.4 Å². The van der Waals surface area contributed by atoms with Crippen molar-refractivity contribution in [3.8, 4) is 16.2 Å². The zero-order valence-electron chi connectivity index (χ0n) is 22.8. The maximum absolute atomic E-state index is 12.4. The Kier molecular flexibility index (Phi) is 8.72. The van der Waals surface area contributed by atoms with Gasteiger partial charge in [0.2, 0.25) is 0 Å². The van der Waals surface area contributed by atoms with Crippen molar-refractivity contribution in [3.63, 3.8) is 0 Å². The normalized spacial score (nSPS) is 14.0. The van der Waals surface area contributed by atoms with E-state index in [1.54, 1.807) is 23.5 Å². The number of nitrogens with one attached hydrogen (secondary N) is 1. The van der Waals surface area contributed by atoms with Crippen LogP contribution in [0.3, 0.4) is 0 Å². The molecule has 38 heavy (non-hydrogen) atoms. The number of carbonyl (C=O) groups is 2. The molecule has 1 aliphatic carbocycles. The molecule has 1 amide bonds. The van der Waals surface area contributed by atoms with Crippen LogP contribution in [0.4, 0.5) is 10.5 Å². The Bertz CT molecular complexity index is 1250. The summed E-state index contributed by atoms with van der Waals surface area (Å²) in [5, 5.41) is 2.94. The highest BCUT2D eigenvalue weighted by atomic mass is 32.1. The number of aldehydes is 1. The van der Waals surface area contributed by atoms with Crippen molar-refractivity contribution in [2.75, 3.05) is 18.1 Å². The summed E-state index contributed by atoms with van der Waals surface area (Å²) in [7, 11) is 0. The van der Waals surface area contributed by atoms with Gasteiger partial charge in [-0.1, -0.05) is 19.1 Å². The smallest absolute Gasteiger partial charge is 0.407 e. The lowest BCUT2D eigenvalue weighted by atomic mass is 10.0. The van der Waals surface area contributed by atoms with Crippen molar-refractivity contribution in [1.29, 1.82) is 0 Å². The number of rotatable bonds is 11. The number of alkyl carbamates (subject to hydrolysis) is 1. The number of aryl methyl sites for hydroxylation is 1. The molecule has 1 unspecified atom stereocenters. The summed E-state index contributed by atoms with van der Waals surface area (Å²) >= 11 is 1.64. The average Bonchev–Trinajstić information content (AvgIpc) is 3.63. The Balaban J connectivity index is 1.54. The van der Waals surface area contributed by atoms with Gasteiger partial charge < -0.3 is 19.7 Å². The number of benzene rings is 2. The highest BCUT2D eigenvalue weighted by molar-refractivity contribution is 7.13. The van der Waals surface area contributed by atoms with Crippen LogP contribution in [0.2, 0.25) is 0 Å². The fraction of sp³-hybridized carbons (Fsp3) is 0.433. The lowest BCUT2D eigenvalue weighted by molar-refractivity contribution is 0.0523. The summed E-state index contributed by atoms with van der Waals surface area (Å²) in [6.45, 7) is 11.6.